The molecule has 0 saturated carbocycles. The van der Waals surface area contributed by atoms with Crippen molar-refractivity contribution in [2.75, 3.05) is 0 Å². The van der Waals surface area contributed by atoms with Crippen molar-refractivity contribution < 1.29 is 8.42 Å². The highest BCUT2D eigenvalue weighted by Gasteiger charge is 2.25. The minimum Gasteiger partial charge on any atom is -0.207 e. The molecule has 0 aliphatic rings. The largest absolute Gasteiger partial charge is 0.240 e. The quantitative estimate of drug-likeness (QED) is 0.533. The van der Waals surface area contributed by atoms with Gasteiger partial charge in [0, 0.05) is 17.0 Å². The second-order valence-corrected chi connectivity index (χ2v) is 10.6. The van der Waals surface area contributed by atoms with Gasteiger partial charge in [-0.05, 0) is 37.5 Å². The topological polar surface area (TPSA) is 46.2 Å². The Kier molecular flexibility index (Phi) is 8.54. The maximum atomic E-state index is 12.7. The molecule has 0 heterocycles. The summed E-state index contributed by atoms with van der Waals surface area (Å²) in [6.07, 6.45) is 1.68. The third-order valence-electron chi connectivity index (χ3n) is 4.19. The zero-order valence-corrected chi connectivity index (χ0v) is 18.0. The van der Waals surface area contributed by atoms with Gasteiger partial charge < -0.3 is 0 Å². The van der Waals surface area contributed by atoms with E-state index in [0.717, 1.165) is 24.2 Å². The SMILES string of the molecule is CC[C@@H](NS(=O)(=O)c1ccc(C)cc1)[C@@H](CC)SSCc1ccccc1. The van der Waals surface area contributed by atoms with Crippen LogP contribution in [0.1, 0.15) is 37.8 Å². The molecule has 2 aromatic rings. The summed E-state index contributed by atoms with van der Waals surface area (Å²) in [5.41, 5.74) is 2.34. The Labute approximate surface area is 165 Å². The Hall–Kier alpha value is -0.950. The van der Waals surface area contributed by atoms with Crippen LogP contribution in [-0.2, 0) is 15.8 Å². The number of hydrogen-bond acceptors (Lipinski definition) is 4. The zero-order chi connectivity index (χ0) is 19.0. The summed E-state index contributed by atoms with van der Waals surface area (Å²) in [4.78, 5) is 0.332. The van der Waals surface area contributed by atoms with Gasteiger partial charge in [-0.3, -0.25) is 0 Å². The zero-order valence-electron chi connectivity index (χ0n) is 15.5. The van der Waals surface area contributed by atoms with Crippen LogP contribution in [0.15, 0.2) is 59.5 Å². The maximum Gasteiger partial charge on any atom is 0.240 e. The van der Waals surface area contributed by atoms with Gasteiger partial charge in [-0.2, -0.15) is 0 Å². The summed E-state index contributed by atoms with van der Waals surface area (Å²) in [6, 6.07) is 17.3. The second-order valence-electron chi connectivity index (χ2n) is 6.24. The van der Waals surface area contributed by atoms with Gasteiger partial charge in [-0.1, -0.05) is 83.5 Å². The fourth-order valence-electron chi connectivity index (χ4n) is 2.59. The van der Waals surface area contributed by atoms with Gasteiger partial charge in [0.05, 0.1) is 4.90 Å². The van der Waals surface area contributed by atoms with E-state index in [1.54, 1.807) is 33.7 Å². The molecule has 0 aliphatic carbocycles. The van der Waals surface area contributed by atoms with E-state index in [9.17, 15) is 8.42 Å². The second kappa shape index (κ2) is 10.4. The molecule has 3 nitrogen and oxygen atoms in total. The molecule has 2 aromatic carbocycles. The van der Waals surface area contributed by atoms with Gasteiger partial charge in [0.25, 0.3) is 0 Å². The molecule has 0 unspecified atom stereocenters. The van der Waals surface area contributed by atoms with Gasteiger partial charge >= 0.3 is 0 Å². The van der Waals surface area contributed by atoms with Gasteiger partial charge in [0.15, 0.2) is 0 Å². The lowest BCUT2D eigenvalue weighted by Crippen LogP contribution is -2.41. The molecule has 6 heteroatoms. The number of aryl methyl sites for hydroxylation is 1. The molecule has 0 bridgehead atoms. The molecule has 2 rings (SSSR count). The Morgan fingerprint density at radius 2 is 1.62 bits per heavy atom. The molecule has 2 atom stereocenters. The summed E-state index contributed by atoms with van der Waals surface area (Å²) in [5, 5.41) is 0.230. The van der Waals surface area contributed by atoms with Crippen LogP contribution in [0.3, 0.4) is 0 Å². The van der Waals surface area contributed by atoms with Crippen molar-refractivity contribution in [1.82, 2.24) is 4.72 Å². The lowest BCUT2D eigenvalue weighted by Gasteiger charge is -2.25. The predicted octanol–water partition coefficient (Wildman–Crippen LogP) is 5.41. The molecule has 0 fully saturated rings. The summed E-state index contributed by atoms with van der Waals surface area (Å²) in [5.74, 6) is 0.920. The molecule has 0 amide bonds. The normalized spacial score (nSPS) is 14.1. The first-order chi connectivity index (χ1) is 12.5. The first kappa shape index (κ1) is 21.4. The van der Waals surface area contributed by atoms with Crippen molar-refractivity contribution in [1.29, 1.82) is 0 Å². The lowest BCUT2D eigenvalue weighted by atomic mass is 10.1. The molecule has 0 saturated heterocycles. The molecule has 0 radical (unpaired) electrons. The van der Waals surface area contributed by atoms with E-state index in [1.807, 2.05) is 44.2 Å². The van der Waals surface area contributed by atoms with E-state index in [0.29, 0.717) is 4.90 Å². The number of nitrogens with one attached hydrogen (secondary N) is 1. The van der Waals surface area contributed by atoms with Crippen LogP contribution in [0.25, 0.3) is 0 Å². The number of benzene rings is 2. The summed E-state index contributed by atoms with van der Waals surface area (Å²) in [6.45, 7) is 6.10. The van der Waals surface area contributed by atoms with Crippen LogP contribution in [-0.4, -0.2) is 19.7 Å². The molecule has 1 N–H and O–H groups in total. The monoisotopic (exact) mass is 409 g/mol. The van der Waals surface area contributed by atoms with Crippen LogP contribution in [0, 0.1) is 6.92 Å². The number of rotatable bonds is 10. The highest BCUT2D eigenvalue weighted by atomic mass is 33.1. The Morgan fingerprint density at radius 3 is 2.19 bits per heavy atom. The molecular formula is C20H27NO2S3. The van der Waals surface area contributed by atoms with Crippen molar-refractivity contribution in [3.63, 3.8) is 0 Å². The molecule has 0 spiro atoms. The summed E-state index contributed by atoms with van der Waals surface area (Å²) in [7, 11) is 0.0722. The summed E-state index contributed by atoms with van der Waals surface area (Å²) >= 11 is 0. The number of sulfonamides is 1. The average molecular weight is 410 g/mol. The minimum absolute atomic E-state index is 0.0837. The maximum absolute atomic E-state index is 12.7. The first-order valence-corrected chi connectivity index (χ1v) is 12.7. The van der Waals surface area contributed by atoms with Gasteiger partial charge in [0.1, 0.15) is 0 Å². The van der Waals surface area contributed by atoms with Gasteiger partial charge in [-0.15, -0.1) is 0 Å². The molecule has 142 valence electrons. The number of hydrogen-bond donors (Lipinski definition) is 1. The fourth-order valence-corrected chi connectivity index (χ4v) is 7.09. The third kappa shape index (κ3) is 6.34. The Balaban J connectivity index is 1.98. The van der Waals surface area contributed by atoms with E-state index in [4.69, 9.17) is 0 Å². The first-order valence-electron chi connectivity index (χ1n) is 8.87. The van der Waals surface area contributed by atoms with E-state index in [1.165, 1.54) is 5.56 Å². The Bertz CT molecular complexity index is 761. The van der Waals surface area contributed by atoms with Crippen LogP contribution >= 0.6 is 21.6 Å². The molecule has 0 aromatic heterocycles. The van der Waals surface area contributed by atoms with Crippen molar-refractivity contribution in [3.05, 3.63) is 65.7 Å². The van der Waals surface area contributed by atoms with E-state index >= 15 is 0 Å². The van der Waals surface area contributed by atoms with Crippen LogP contribution in [0.2, 0.25) is 0 Å². The van der Waals surface area contributed by atoms with E-state index in [2.05, 4.69) is 23.8 Å². The van der Waals surface area contributed by atoms with E-state index in [-0.39, 0.29) is 11.3 Å². The standard InChI is InChI=1S/C20H27NO2S3/c1-4-19(21-26(22,23)18-13-11-16(3)12-14-18)20(5-2)25-24-15-17-9-7-6-8-10-17/h6-14,19-21H,4-5,15H2,1-3H3/t19-,20-/m1/s1. The molecule has 26 heavy (non-hydrogen) atoms. The van der Waals surface area contributed by atoms with Crippen LogP contribution in [0.5, 0.6) is 0 Å². The van der Waals surface area contributed by atoms with Gasteiger partial charge in [0.2, 0.25) is 10.0 Å². The Morgan fingerprint density at radius 1 is 0.962 bits per heavy atom. The van der Waals surface area contributed by atoms with Gasteiger partial charge in [-0.25, -0.2) is 13.1 Å². The molecule has 0 aliphatic heterocycles. The predicted molar refractivity (Wildman–Crippen MR) is 115 cm³/mol. The van der Waals surface area contributed by atoms with Crippen LogP contribution in [0.4, 0.5) is 0 Å². The van der Waals surface area contributed by atoms with Crippen LogP contribution < -0.4 is 4.72 Å². The molecular weight excluding hydrogens is 382 g/mol. The lowest BCUT2D eigenvalue weighted by molar-refractivity contribution is 0.522. The third-order valence-corrected chi connectivity index (χ3v) is 8.69. The fraction of sp³-hybridized carbons (Fsp3) is 0.400. The minimum atomic E-state index is -3.49. The smallest absolute Gasteiger partial charge is 0.207 e. The van der Waals surface area contributed by atoms with E-state index < -0.39 is 10.0 Å². The van der Waals surface area contributed by atoms with Crippen molar-refractivity contribution in [3.8, 4) is 0 Å². The van der Waals surface area contributed by atoms with Crippen molar-refractivity contribution in [2.24, 2.45) is 0 Å². The highest BCUT2D eigenvalue weighted by molar-refractivity contribution is 8.76. The van der Waals surface area contributed by atoms with Crippen molar-refractivity contribution in [2.45, 2.75) is 55.6 Å². The highest BCUT2D eigenvalue weighted by Crippen LogP contribution is 2.34. The average Bonchev–Trinajstić information content (AvgIpc) is 2.65. The summed E-state index contributed by atoms with van der Waals surface area (Å²) < 4.78 is 28.3. The van der Waals surface area contributed by atoms with Crippen molar-refractivity contribution >= 4 is 31.6 Å².